The third-order valence-corrected chi connectivity index (χ3v) is 14.1. The zero-order valence-electron chi connectivity index (χ0n) is 37.8. The molecule has 324 valence electrons. The van der Waals surface area contributed by atoms with Crippen molar-refractivity contribution >= 4 is 81.7 Å². The molecule has 5 heteroatoms. The highest BCUT2D eigenvalue weighted by Crippen LogP contribution is 2.44. The molecule has 0 aliphatic heterocycles. The maximum absolute atomic E-state index is 7.69. The fourth-order valence-corrected chi connectivity index (χ4v) is 10.8. The average molecular weight is 890 g/mol. The number of para-hydroxylation sites is 2. The minimum absolute atomic E-state index is 0.591. The minimum atomic E-state index is 0.591. The van der Waals surface area contributed by atoms with Crippen molar-refractivity contribution < 1.29 is 0 Å². The van der Waals surface area contributed by atoms with Gasteiger partial charge >= 0.3 is 0 Å². The van der Waals surface area contributed by atoms with E-state index in [0.29, 0.717) is 11.6 Å². The van der Waals surface area contributed by atoms with Gasteiger partial charge in [-0.2, -0.15) is 0 Å². The Morgan fingerprint density at radius 2 is 0.971 bits per heavy atom. The maximum Gasteiger partial charge on any atom is 0.235 e. The number of hydrogen-bond acceptors (Lipinski definition) is 2. The fraction of sp³-hybridized carbons (Fsp3) is 0. The third kappa shape index (κ3) is 6.25. The molecule has 3 aromatic heterocycles. The molecule has 0 aliphatic carbocycles. The second-order valence-electron chi connectivity index (χ2n) is 18.0. The molecule has 11 aromatic carbocycles. The van der Waals surface area contributed by atoms with Crippen LogP contribution in [0.5, 0.6) is 0 Å². The van der Waals surface area contributed by atoms with Crippen molar-refractivity contribution in [3.8, 4) is 56.3 Å². The first-order valence-electron chi connectivity index (χ1n) is 23.6. The minimum Gasteiger partial charge on any atom is -0.309 e. The van der Waals surface area contributed by atoms with Gasteiger partial charge in [0.15, 0.2) is 5.69 Å². The van der Waals surface area contributed by atoms with Crippen LogP contribution >= 0.6 is 0 Å². The molecule has 0 bridgehead atoms. The van der Waals surface area contributed by atoms with Gasteiger partial charge in [-0.25, -0.2) is 14.8 Å². The highest BCUT2D eigenvalue weighted by molar-refractivity contribution is 6.19. The molecule has 0 N–H and O–H groups in total. The molecule has 0 unspecified atom stereocenters. The van der Waals surface area contributed by atoms with Gasteiger partial charge in [-0.05, 0) is 122 Å². The van der Waals surface area contributed by atoms with Crippen LogP contribution in [-0.2, 0) is 0 Å². The normalized spacial score (nSPS) is 11.7. The first-order valence-corrected chi connectivity index (χ1v) is 23.6. The maximum atomic E-state index is 7.69. The standard InChI is InChI=1S/C65H39N5/c1-66-49-32-29-43(30-33-49)53-39-56-58(40-54(53)42-16-4-2-5-17-42)67-65(68-64(56)48-31-34-60-55(37-48)52-23-12-13-25-59(52)69(60)50-21-6-3-7-22-50)70-61-26-14-24-51(47-28-27-41-15-8-9-18-44(41)35-47)63(61)57-36-45-19-10-11-20-46(45)38-62(57)70/h2-40H. The van der Waals surface area contributed by atoms with E-state index in [2.05, 4.69) is 238 Å². The number of rotatable bonds is 6. The van der Waals surface area contributed by atoms with Crippen molar-refractivity contribution in [3.63, 3.8) is 0 Å². The molecule has 3 heterocycles. The summed E-state index contributed by atoms with van der Waals surface area (Å²) >= 11 is 0. The first-order chi connectivity index (χ1) is 34.6. The summed E-state index contributed by atoms with van der Waals surface area (Å²) < 4.78 is 4.63. The highest BCUT2D eigenvalue weighted by atomic mass is 15.2. The van der Waals surface area contributed by atoms with E-state index < -0.39 is 0 Å². The van der Waals surface area contributed by atoms with E-state index >= 15 is 0 Å². The second-order valence-corrected chi connectivity index (χ2v) is 18.0. The average Bonchev–Trinajstić information content (AvgIpc) is 3.94. The summed E-state index contributed by atoms with van der Waals surface area (Å²) in [7, 11) is 0. The largest absolute Gasteiger partial charge is 0.309 e. The van der Waals surface area contributed by atoms with Crippen LogP contribution < -0.4 is 0 Å². The van der Waals surface area contributed by atoms with Crippen molar-refractivity contribution in [2.45, 2.75) is 0 Å². The Bertz CT molecular complexity index is 4460. The molecule has 0 aliphatic rings. The Hall–Kier alpha value is -9.63. The third-order valence-electron chi connectivity index (χ3n) is 14.1. The van der Waals surface area contributed by atoms with E-state index in [4.69, 9.17) is 16.5 Å². The van der Waals surface area contributed by atoms with Crippen molar-refractivity contribution in [2.24, 2.45) is 0 Å². The number of nitrogens with zero attached hydrogens (tertiary/aromatic N) is 5. The summed E-state index contributed by atoms with van der Waals surface area (Å²) in [6.07, 6.45) is 0. The molecule has 0 spiro atoms. The Morgan fingerprint density at radius 3 is 1.77 bits per heavy atom. The Labute approximate surface area is 403 Å². The van der Waals surface area contributed by atoms with E-state index in [1.807, 2.05) is 12.1 Å². The first kappa shape index (κ1) is 39.5. The smallest absolute Gasteiger partial charge is 0.235 e. The van der Waals surface area contributed by atoms with Gasteiger partial charge in [0.25, 0.3) is 0 Å². The summed E-state index contributed by atoms with van der Waals surface area (Å²) in [5.41, 5.74) is 15.2. The van der Waals surface area contributed by atoms with Crippen LogP contribution in [0.4, 0.5) is 5.69 Å². The van der Waals surface area contributed by atoms with Crippen LogP contribution in [0.25, 0.3) is 137 Å². The molecule has 0 radical (unpaired) electrons. The SMILES string of the molecule is [C-]#[N+]c1ccc(-c2cc3c(-c4ccc5c(c4)c4ccccc4n5-c4ccccc4)nc(-n4c5cc6ccccc6cc5c5c(-c6ccc7ccccc7c6)cccc54)nc3cc2-c2ccccc2)cc1. The molecule has 5 nitrogen and oxygen atoms in total. The zero-order valence-corrected chi connectivity index (χ0v) is 37.8. The van der Waals surface area contributed by atoms with Gasteiger partial charge in [0.05, 0.1) is 39.8 Å². The van der Waals surface area contributed by atoms with E-state index in [1.54, 1.807) is 0 Å². The van der Waals surface area contributed by atoms with Gasteiger partial charge in [0, 0.05) is 38.2 Å². The summed E-state index contributed by atoms with van der Waals surface area (Å²) in [6.45, 7) is 7.69. The van der Waals surface area contributed by atoms with Gasteiger partial charge in [-0.3, -0.25) is 4.57 Å². The number of fused-ring (bicyclic) bond motifs is 9. The Balaban J connectivity index is 1.10. The Morgan fingerprint density at radius 1 is 0.343 bits per heavy atom. The van der Waals surface area contributed by atoms with Gasteiger partial charge in [-0.15, -0.1) is 0 Å². The van der Waals surface area contributed by atoms with Crippen LogP contribution in [0.15, 0.2) is 237 Å². The van der Waals surface area contributed by atoms with Crippen LogP contribution in [0.3, 0.4) is 0 Å². The lowest BCUT2D eigenvalue weighted by atomic mass is 9.91. The van der Waals surface area contributed by atoms with E-state index in [0.717, 1.165) is 105 Å². The predicted molar refractivity (Wildman–Crippen MR) is 291 cm³/mol. The summed E-state index contributed by atoms with van der Waals surface area (Å²) in [4.78, 5) is 15.1. The molecule has 0 saturated heterocycles. The summed E-state index contributed by atoms with van der Waals surface area (Å²) in [5, 5.41) is 10.3. The highest BCUT2D eigenvalue weighted by Gasteiger charge is 2.23. The molecule has 14 aromatic rings. The van der Waals surface area contributed by atoms with Crippen LogP contribution in [0, 0.1) is 6.57 Å². The topological polar surface area (TPSA) is 40.0 Å². The quantitative estimate of drug-likeness (QED) is 0.156. The Kier molecular flexibility index (Phi) is 8.89. The molecule has 0 amide bonds. The molecule has 0 saturated carbocycles. The van der Waals surface area contributed by atoms with Crippen LogP contribution in [-0.4, -0.2) is 19.1 Å². The van der Waals surface area contributed by atoms with Crippen molar-refractivity contribution in [2.75, 3.05) is 0 Å². The number of hydrogen-bond donors (Lipinski definition) is 0. The monoisotopic (exact) mass is 889 g/mol. The van der Waals surface area contributed by atoms with Gasteiger partial charge in [-0.1, -0.05) is 170 Å². The van der Waals surface area contributed by atoms with Crippen molar-refractivity contribution in [1.29, 1.82) is 0 Å². The molecule has 0 fully saturated rings. The van der Waals surface area contributed by atoms with Crippen molar-refractivity contribution in [1.82, 2.24) is 19.1 Å². The molecule has 70 heavy (non-hydrogen) atoms. The van der Waals surface area contributed by atoms with Gasteiger partial charge in [0.1, 0.15) is 0 Å². The molecular formula is C65H39N5. The van der Waals surface area contributed by atoms with Gasteiger partial charge < -0.3 is 4.57 Å². The zero-order chi connectivity index (χ0) is 46.3. The second kappa shape index (κ2) is 15.7. The van der Waals surface area contributed by atoms with E-state index in [1.165, 1.54) is 21.5 Å². The molecule has 0 atom stereocenters. The predicted octanol–water partition coefficient (Wildman–Crippen LogP) is 17.3. The fourth-order valence-electron chi connectivity index (χ4n) is 10.8. The number of aromatic nitrogens is 4. The van der Waals surface area contributed by atoms with E-state index in [-0.39, 0.29) is 0 Å². The van der Waals surface area contributed by atoms with Crippen molar-refractivity contribution in [3.05, 3.63) is 248 Å². The van der Waals surface area contributed by atoms with Crippen LogP contribution in [0.1, 0.15) is 0 Å². The van der Waals surface area contributed by atoms with Crippen LogP contribution in [0.2, 0.25) is 0 Å². The lowest BCUT2D eigenvalue weighted by Crippen LogP contribution is -2.04. The molecular weight excluding hydrogens is 851 g/mol. The summed E-state index contributed by atoms with van der Waals surface area (Å²) in [6, 6.07) is 84.2. The van der Waals surface area contributed by atoms with Gasteiger partial charge in [0.2, 0.25) is 5.95 Å². The lowest BCUT2D eigenvalue weighted by molar-refractivity contribution is 1.01. The van der Waals surface area contributed by atoms with E-state index in [9.17, 15) is 0 Å². The number of benzene rings is 11. The lowest BCUT2D eigenvalue weighted by Gasteiger charge is -2.17. The molecule has 14 rings (SSSR count). The summed E-state index contributed by atoms with van der Waals surface area (Å²) in [5.74, 6) is 0.591.